The molecule has 1 aliphatic rings. The fourth-order valence-corrected chi connectivity index (χ4v) is 2.78. The van der Waals surface area contributed by atoms with Gasteiger partial charge in [0.05, 0.1) is 0 Å². The largest absolute Gasteiger partial charge is 0.508 e. The number of nitrogens with zero attached hydrogens (tertiary/aromatic N) is 2. The lowest BCUT2D eigenvalue weighted by atomic mass is 10.1. The molecule has 1 fully saturated rings. The first kappa shape index (κ1) is 15.9. The monoisotopic (exact) mass is 326 g/mol. The summed E-state index contributed by atoms with van der Waals surface area (Å²) in [7, 11) is 0. The lowest BCUT2D eigenvalue weighted by Gasteiger charge is -2.34. The minimum Gasteiger partial charge on any atom is -0.508 e. The van der Waals surface area contributed by atoms with Crippen LogP contribution in [-0.2, 0) is 0 Å². The van der Waals surface area contributed by atoms with Gasteiger partial charge in [0.15, 0.2) is 0 Å². The molecule has 1 heterocycles. The molecular formula is C18H18N2O4. The van der Waals surface area contributed by atoms with E-state index >= 15 is 0 Å². The number of rotatable bonds is 2. The van der Waals surface area contributed by atoms with E-state index in [9.17, 15) is 19.8 Å². The molecule has 2 N–H and O–H groups in total. The Morgan fingerprint density at radius 1 is 0.708 bits per heavy atom. The molecule has 3 rings (SSSR count). The first-order chi connectivity index (χ1) is 11.5. The van der Waals surface area contributed by atoms with Gasteiger partial charge in [-0.15, -0.1) is 0 Å². The van der Waals surface area contributed by atoms with Crippen molar-refractivity contribution in [3.63, 3.8) is 0 Å². The highest BCUT2D eigenvalue weighted by Crippen LogP contribution is 2.22. The Kier molecular flexibility index (Phi) is 4.37. The van der Waals surface area contributed by atoms with Crippen molar-refractivity contribution in [2.24, 2.45) is 0 Å². The number of aromatic hydroxyl groups is 2. The van der Waals surface area contributed by atoms with E-state index in [1.807, 2.05) is 18.2 Å². The summed E-state index contributed by atoms with van der Waals surface area (Å²) in [5, 5.41) is 19.0. The number of carbonyl (C=O) groups is 2. The summed E-state index contributed by atoms with van der Waals surface area (Å²) in [4.78, 5) is 28.2. The predicted molar refractivity (Wildman–Crippen MR) is 88.0 cm³/mol. The van der Waals surface area contributed by atoms with Crippen molar-refractivity contribution in [2.75, 3.05) is 26.2 Å². The highest BCUT2D eigenvalue weighted by atomic mass is 16.3. The van der Waals surface area contributed by atoms with Gasteiger partial charge in [0, 0.05) is 43.4 Å². The van der Waals surface area contributed by atoms with Crippen molar-refractivity contribution in [3.8, 4) is 11.5 Å². The molecule has 124 valence electrons. The van der Waals surface area contributed by atoms with E-state index in [1.165, 1.54) is 18.2 Å². The molecule has 0 saturated carbocycles. The molecular weight excluding hydrogens is 308 g/mol. The van der Waals surface area contributed by atoms with Crippen molar-refractivity contribution in [1.29, 1.82) is 0 Å². The zero-order valence-corrected chi connectivity index (χ0v) is 13.1. The quantitative estimate of drug-likeness (QED) is 0.880. The molecule has 0 aromatic heterocycles. The maximum atomic E-state index is 12.5. The summed E-state index contributed by atoms with van der Waals surface area (Å²) in [6.07, 6.45) is 0. The van der Waals surface area contributed by atoms with E-state index in [0.717, 1.165) is 0 Å². The second-order valence-corrected chi connectivity index (χ2v) is 5.69. The summed E-state index contributed by atoms with van der Waals surface area (Å²) in [5.74, 6) is -0.627. The Morgan fingerprint density at radius 3 is 1.67 bits per heavy atom. The number of amides is 2. The molecule has 0 radical (unpaired) electrons. The van der Waals surface area contributed by atoms with E-state index in [1.54, 1.807) is 21.9 Å². The van der Waals surface area contributed by atoms with E-state index in [0.29, 0.717) is 31.7 Å². The number of phenols is 2. The van der Waals surface area contributed by atoms with Gasteiger partial charge in [0.25, 0.3) is 11.8 Å². The smallest absolute Gasteiger partial charge is 0.254 e. The maximum absolute atomic E-state index is 12.5. The third-order valence-electron chi connectivity index (χ3n) is 4.02. The van der Waals surface area contributed by atoms with Crippen LogP contribution in [0.5, 0.6) is 11.5 Å². The molecule has 0 aliphatic carbocycles. The molecule has 6 heteroatoms. The molecule has 24 heavy (non-hydrogen) atoms. The van der Waals surface area contributed by atoms with Crippen LogP contribution in [0.2, 0.25) is 0 Å². The second kappa shape index (κ2) is 6.62. The summed E-state index contributed by atoms with van der Waals surface area (Å²) < 4.78 is 0. The average Bonchev–Trinajstić information content (AvgIpc) is 2.60. The van der Waals surface area contributed by atoms with E-state index < -0.39 is 0 Å². The lowest BCUT2D eigenvalue weighted by molar-refractivity contribution is 0.0535. The van der Waals surface area contributed by atoms with Gasteiger partial charge in [-0.2, -0.15) is 0 Å². The minimum absolute atomic E-state index is 0.0438. The summed E-state index contributed by atoms with van der Waals surface area (Å²) >= 11 is 0. The standard InChI is InChI=1S/C18H18N2O4/c21-15-10-14(11-16(22)12-15)18(24)20-8-6-19(7-9-20)17(23)13-4-2-1-3-5-13/h1-5,10-12,21-22H,6-9H2. The number of phenolic OH excluding ortho intramolecular Hbond substituents is 2. The van der Waals surface area contributed by atoms with E-state index in [4.69, 9.17) is 0 Å². The number of hydrogen-bond acceptors (Lipinski definition) is 4. The average molecular weight is 326 g/mol. The maximum Gasteiger partial charge on any atom is 0.254 e. The Labute approximate surface area is 139 Å². The van der Waals surface area contributed by atoms with Gasteiger partial charge in [0.2, 0.25) is 0 Å². The zero-order chi connectivity index (χ0) is 17.1. The molecule has 6 nitrogen and oxygen atoms in total. The zero-order valence-electron chi connectivity index (χ0n) is 13.1. The predicted octanol–water partition coefficient (Wildman–Crippen LogP) is 1.70. The Morgan fingerprint density at radius 2 is 1.17 bits per heavy atom. The highest BCUT2D eigenvalue weighted by molar-refractivity contribution is 5.96. The lowest BCUT2D eigenvalue weighted by Crippen LogP contribution is -2.50. The normalized spacial score (nSPS) is 14.5. The highest BCUT2D eigenvalue weighted by Gasteiger charge is 2.25. The summed E-state index contributed by atoms with van der Waals surface area (Å²) in [6, 6.07) is 12.9. The second-order valence-electron chi connectivity index (χ2n) is 5.69. The topological polar surface area (TPSA) is 81.1 Å². The summed E-state index contributed by atoms with van der Waals surface area (Å²) in [6.45, 7) is 1.72. The van der Waals surface area contributed by atoms with Crippen LogP contribution in [0, 0.1) is 0 Å². The van der Waals surface area contributed by atoms with Crippen molar-refractivity contribution < 1.29 is 19.8 Å². The van der Waals surface area contributed by atoms with Crippen LogP contribution < -0.4 is 0 Å². The van der Waals surface area contributed by atoms with Crippen LogP contribution in [0.15, 0.2) is 48.5 Å². The fraction of sp³-hybridized carbons (Fsp3) is 0.222. The van der Waals surface area contributed by atoms with Crippen LogP contribution in [0.1, 0.15) is 20.7 Å². The fourth-order valence-electron chi connectivity index (χ4n) is 2.78. The molecule has 0 bridgehead atoms. The van der Waals surface area contributed by atoms with Gasteiger partial charge in [-0.1, -0.05) is 18.2 Å². The molecule has 0 unspecified atom stereocenters. The van der Waals surface area contributed by atoms with Crippen molar-refractivity contribution in [1.82, 2.24) is 9.80 Å². The number of benzene rings is 2. The number of carbonyl (C=O) groups excluding carboxylic acids is 2. The van der Waals surface area contributed by atoms with Gasteiger partial charge in [-0.05, 0) is 24.3 Å². The third kappa shape index (κ3) is 3.32. The Hall–Kier alpha value is -3.02. The van der Waals surface area contributed by atoms with Gasteiger partial charge in [0.1, 0.15) is 11.5 Å². The van der Waals surface area contributed by atoms with Crippen LogP contribution >= 0.6 is 0 Å². The first-order valence-electron chi connectivity index (χ1n) is 7.71. The number of piperazine rings is 1. The molecule has 2 aromatic rings. The molecule has 0 spiro atoms. The van der Waals surface area contributed by atoms with Gasteiger partial charge < -0.3 is 20.0 Å². The Balaban J connectivity index is 1.64. The van der Waals surface area contributed by atoms with Gasteiger partial charge in [-0.25, -0.2) is 0 Å². The van der Waals surface area contributed by atoms with Gasteiger partial charge in [-0.3, -0.25) is 9.59 Å². The van der Waals surface area contributed by atoms with Crippen LogP contribution in [-0.4, -0.2) is 58.0 Å². The van der Waals surface area contributed by atoms with Crippen molar-refractivity contribution >= 4 is 11.8 Å². The van der Waals surface area contributed by atoms with Crippen LogP contribution in [0.3, 0.4) is 0 Å². The molecule has 2 amide bonds. The van der Waals surface area contributed by atoms with Crippen molar-refractivity contribution in [3.05, 3.63) is 59.7 Å². The molecule has 1 aliphatic heterocycles. The minimum atomic E-state index is -0.270. The molecule has 0 atom stereocenters. The summed E-state index contributed by atoms with van der Waals surface area (Å²) in [5.41, 5.74) is 0.866. The molecule has 1 saturated heterocycles. The van der Waals surface area contributed by atoms with Crippen molar-refractivity contribution in [2.45, 2.75) is 0 Å². The van der Waals surface area contributed by atoms with Crippen LogP contribution in [0.25, 0.3) is 0 Å². The van der Waals surface area contributed by atoms with Gasteiger partial charge >= 0.3 is 0 Å². The van der Waals surface area contributed by atoms with E-state index in [-0.39, 0.29) is 28.9 Å². The molecule has 2 aromatic carbocycles. The SMILES string of the molecule is O=C(c1ccccc1)N1CCN(C(=O)c2cc(O)cc(O)c2)CC1. The first-order valence-corrected chi connectivity index (χ1v) is 7.71. The number of hydrogen-bond donors (Lipinski definition) is 2. The third-order valence-corrected chi connectivity index (χ3v) is 4.02. The Bertz CT molecular complexity index is 733. The van der Waals surface area contributed by atoms with E-state index in [2.05, 4.69) is 0 Å². The van der Waals surface area contributed by atoms with Crippen LogP contribution in [0.4, 0.5) is 0 Å².